The Labute approximate surface area is 122 Å². The van der Waals surface area contributed by atoms with Crippen LogP contribution in [0.4, 0.5) is 0 Å². The molecule has 0 saturated heterocycles. The van der Waals surface area contributed by atoms with Crippen LogP contribution >= 0.6 is 11.3 Å². The van der Waals surface area contributed by atoms with Gasteiger partial charge in [-0.3, -0.25) is 4.79 Å². The van der Waals surface area contributed by atoms with Crippen molar-refractivity contribution in [3.63, 3.8) is 0 Å². The van der Waals surface area contributed by atoms with Crippen molar-refractivity contribution in [2.45, 2.75) is 32.9 Å². The fraction of sp³-hybridized carbons (Fsp3) is 0.429. The quantitative estimate of drug-likeness (QED) is 0.830. The molecule has 5 nitrogen and oxygen atoms in total. The summed E-state index contributed by atoms with van der Waals surface area (Å²) in [6.07, 6.45) is 2.04. The summed E-state index contributed by atoms with van der Waals surface area (Å²) in [6, 6.07) is 4.03. The fourth-order valence-electron chi connectivity index (χ4n) is 1.74. The predicted octanol–water partition coefficient (Wildman–Crippen LogP) is 2.61. The number of thiophene rings is 1. The van der Waals surface area contributed by atoms with Crippen LogP contribution in [0.5, 0.6) is 0 Å². The number of esters is 1. The summed E-state index contributed by atoms with van der Waals surface area (Å²) in [7, 11) is 1.40. The highest BCUT2D eigenvalue weighted by Crippen LogP contribution is 2.19. The number of carbonyl (C=O) groups excluding carboxylic acids is 1. The Hall–Kier alpha value is -1.66. The third-order valence-corrected chi connectivity index (χ3v) is 3.94. The van der Waals surface area contributed by atoms with E-state index in [4.69, 9.17) is 4.42 Å². The van der Waals surface area contributed by atoms with Crippen molar-refractivity contribution in [2.75, 3.05) is 7.11 Å². The molecular formula is C14H18N2O3S. The second-order valence-corrected chi connectivity index (χ2v) is 5.79. The van der Waals surface area contributed by atoms with Crippen LogP contribution in [0.15, 0.2) is 22.7 Å². The molecule has 20 heavy (non-hydrogen) atoms. The van der Waals surface area contributed by atoms with Gasteiger partial charge in [0.15, 0.2) is 0 Å². The van der Waals surface area contributed by atoms with Gasteiger partial charge >= 0.3 is 5.97 Å². The molecule has 0 amide bonds. The van der Waals surface area contributed by atoms with E-state index in [1.54, 1.807) is 17.5 Å². The maximum absolute atomic E-state index is 11.2. The van der Waals surface area contributed by atoms with Gasteiger partial charge in [0.25, 0.3) is 0 Å². The lowest BCUT2D eigenvalue weighted by molar-refractivity contribution is -0.139. The van der Waals surface area contributed by atoms with Crippen LogP contribution in [0.25, 0.3) is 0 Å². The van der Waals surface area contributed by atoms with Crippen LogP contribution in [0, 0.1) is 6.92 Å². The summed E-state index contributed by atoms with van der Waals surface area (Å²) in [4.78, 5) is 17.6. The number of carbonyl (C=O) groups is 1. The van der Waals surface area contributed by atoms with E-state index in [1.807, 2.05) is 26.0 Å². The average Bonchev–Trinajstić information content (AvgIpc) is 3.05. The first-order valence-corrected chi connectivity index (χ1v) is 7.20. The molecule has 0 spiro atoms. The first-order valence-electron chi connectivity index (χ1n) is 6.38. The number of rotatable bonds is 6. The van der Waals surface area contributed by atoms with Gasteiger partial charge < -0.3 is 14.5 Å². The Morgan fingerprint density at radius 3 is 2.90 bits per heavy atom. The van der Waals surface area contributed by atoms with Crippen LogP contribution in [0.2, 0.25) is 0 Å². The number of hydrogen-bond donors (Lipinski definition) is 1. The van der Waals surface area contributed by atoms with Gasteiger partial charge in [0.1, 0.15) is 5.76 Å². The molecule has 0 saturated carbocycles. The van der Waals surface area contributed by atoms with Gasteiger partial charge in [-0.25, -0.2) is 4.98 Å². The van der Waals surface area contributed by atoms with Crippen LogP contribution in [0.3, 0.4) is 0 Å². The Balaban J connectivity index is 1.86. The Bertz CT molecular complexity index is 576. The van der Waals surface area contributed by atoms with E-state index in [9.17, 15) is 4.79 Å². The Morgan fingerprint density at radius 2 is 2.25 bits per heavy atom. The molecule has 1 N–H and O–H groups in total. The zero-order valence-electron chi connectivity index (χ0n) is 11.8. The van der Waals surface area contributed by atoms with E-state index in [1.165, 1.54) is 12.0 Å². The van der Waals surface area contributed by atoms with Crippen molar-refractivity contribution in [3.05, 3.63) is 39.7 Å². The standard InChI is InChI=1S/C14H18N2O3S/c1-9-7-16-14(19-9)10(2)15-8-12-5-4-11(20-12)6-13(17)18-3/h4-5,7,10,15H,6,8H2,1-3H3. The molecule has 2 aromatic heterocycles. The first kappa shape index (κ1) is 14.7. The van der Waals surface area contributed by atoms with Gasteiger partial charge in [-0.05, 0) is 26.0 Å². The lowest BCUT2D eigenvalue weighted by atomic mass is 10.3. The van der Waals surface area contributed by atoms with E-state index >= 15 is 0 Å². The third kappa shape index (κ3) is 3.91. The minimum Gasteiger partial charge on any atom is -0.469 e. The minimum atomic E-state index is -0.213. The number of methoxy groups -OCH3 is 1. The molecule has 0 aromatic carbocycles. The number of ether oxygens (including phenoxy) is 1. The van der Waals surface area contributed by atoms with E-state index in [0.717, 1.165) is 10.6 Å². The summed E-state index contributed by atoms with van der Waals surface area (Å²) in [5, 5.41) is 3.35. The maximum Gasteiger partial charge on any atom is 0.310 e. The van der Waals surface area contributed by atoms with Crippen molar-refractivity contribution in [1.82, 2.24) is 10.3 Å². The minimum absolute atomic E-state index is 0.0508. The van der Waals surface area contributed by atoms with Gasteiger partial charge in [-0.1, -0.05) is 0 Å². The number of aromatic nitrogens is 1. The lowest BCUT2D eigenvalue weighted by Gasteiger charge is -2.08. The van der Waals surface area contributed by atoms with Gasteiger partial charge in [0.05, 0.1) is 25.8 Å². The molecule has 0 aliphatic heterocycles. The topological polar surface area (TPSA) is 64.4 Å². The molecule has 0 aliphatic carbocycles. The molecule has 0 aliphatic rings. The van der Waals surface area contributed by atoms with Gasteiger partial charge in [-0.15, -0.1) is 11.3 Å². The highest BCUT2D eigenvalue weighted by Gasteiger charge is 2.12. The van der Waals surface area contributed by atoms with E-state index in [0.29, 0.717) is 18.9 Å². The normalized spacial score (nSPS) is 12.3. The van der Waals surface area contributed by atoms with Gasteiger partial charge in [0, 0.05) is 16.3 Å². The van der Waals surface area contributed by atoms with Crippen molar-refractivity contribution >= 4 is 17.3 Å². The van der Waals surface area contributed by atoms with E-state index < -0.39 is 0 Å². The highest BCUT2D eigenvalue weighted by atomic mass is 32.1. The van der Waals surface area contributed by atoms with Crippen molar-refractivity contribution in [2.24, 2.45) is 0 Å². The van der Waals surface area contributed by atoms with E-state index in [-0.39, 0.29) is 12.0 Å². The zero-order chi connectivity index (χ0) is 14.5. The van der Waals surface area contributed by atoms with Gasteiger partial charge in [-0.2, -0.15) is 0 Å². The largest absolute Gasteiger partial charge is 0.469 e. The number of aryl methyl sites for hydroxylation is 1. The molecule has 2 heterocycles. The Kier molecular flexibility index (Phi) is 4.92. The SMILES string of the molecule is COC(=O)Cc1ccc(CNC(C)c2ncc(C)o2)s1. The molecule has 1 unspecified atom stereocenters. The molecule has 0 bridgehead atoms. The number of hydrogen-bond acceptors (Lipinski definition) is 6. The van der Waals surface area contributed by atoms with Crippen LogP contribution in [-0.2, 0) is 22.5 Å². The molecule has 108 valence electrons. The van der Waals surface area contributed by atoms with Gasteiger partial charge in [0.2, 0.25) is 5.89 Å². The summed E-state index contributed by atoms with van der Waals surface area (Å²) in [6.45, 7) is 4.60. The molecule has 1 atom stereocenters. The number of nitrogens with zero attached hydrogens (tertiary/aromatic N) is 1. The van der Waals surface area contributed by atoms with Crippen molar-refractivity contribution in [1.29, 1.82) is 0 Å². The second kappa shape index (κ2) is 6.67. The zero-order valence-corrected chi connectivity index (χ0v) is 12.6. The average molecular weight is 294 g/mol. The Morgan fingerprint density at radius 1 is 1.50 bits per heavy atom. The number of oxazole rings is 1. The monoisotopic (exact) mass is 294 g/mol. The van der Waals surface area contributed by atoms with E-state index in [2.05, 4.69) is 15.0 Å². The summed E-state index contributed by atoms with van der Waals surface area (Å²) >= 11 is 1.60. The summed E-state index contributed by atoms with van der Waals surface area (Å²) in [5.74, 6) is 1.29. The smallest absolute Gasteiger partial charge is 0.310 e. The molecular weight excluding hydrogens is 276 g/mol. The lowest BCUT2D eigenvalue weighted by Crippen LogP contribution is -2.17. The number of nitrogens with one attached hydrogen (secondary N) is 1. The molecule has 2 rings (SSSR count). The van der Waals surface area contributed by atoms with Crippen LogP contribution < -0.4 is 5.32 Å². The second-order valence-electron chi connectivity index (χ2n) is 4.53. The van der Waals surface area contributed by atoms with Crippen molar-refractivity contribution < 1.29 is 13.9 Å². The molecule has 0 radical (unpaired) electrons. The first-order chi connectivity index (χ1) is 9.58. The highest BCUT2D eigenvalue weighted by molar-refractivity contribution is 7.12. The fourth-order valence-corrected chi connectivity index (χ4v) is 2.69. The summed E-state index contributed by atoms with van der Waals surface area (Å²) in [5.41, 5.74) is 0. The van der Waals surface area contributed by atoms with Crippen LogP contribution in [-0.4, -0.2) is 18.1 Å². The summed E-state index contributed by atoms with van der Waals surface area (Å²) < 4.78 is 10.1. The maximum atomic E-state index is 11.2. The molecule has 6 heteroatoms. The molecule has 2 aromatic rings. The molecule has 0 fully saturated rings. The van der Waals surface area contributed by atoms with Crippen LogP contribution in [0.1, 0.15) is 34.4 Å². The third-order valence-electron chi connectivity index (χ3n) is 2.86. The van der Waals surface area contributed by atoms with Crippen molar-refractivity contribution in [3.8, 4) is 0 Å². The predicted molar refractivity (Wildman–Crippen MR) is 76.5 cm³/mol.